The second-order valence-corrected chi connectivity index (χ2v) is 7.60. The van der Waals surface area contributed by atoms with Crippen LogP contribution in [0, 0.1) is 6.92 Å². The van der Waals surface area contributed by atoms with Crippen LogP contribution < -0.4 is 10.6 Å². The maximum Gasteiger partial charge on any atom is 0.401 e. The van der Waals surface area contributed by atoms with Crippen LogP contribution in [0.3, 0.4) is 0 Å². The molecule has 1 aromatic rings. The number of alkyl halides is 3. The molecule has 2 N–H and O–H groups in total. The van der Waals surface area contributed by atoms with Gasteiger partial charge in [0.2, 0.25) is 0 Å². The standard InChI is InChI=1S/C17H29F3N4S/c1-5-21-16(22-9-6-10-24(4)12-17(18,19)20)23-13(2)11-15-8-7-14(3)25-15/h7-8,13H,5-6,9-12H2,1-4H3,(H2,21,22,23). The van der Waals surface area contributed by atoms with Crippen molar-refractivity contribution in [3.63, 3.8) is 0 Å². The summed E-state index contributed by atoms with van der Waals surface area (Å²) in [5.41, 5.74) is 0. The first kappa shape index (κ1) is 21.8. The van der Waals surface area contributed by atoms with Gasteiger partial charge in [0.05, 0.1) is 6.54 Å². The van der Waals surface area contributed by atoms with E-state index in [2.05, 4.69) is 41.6 Å². The van der Waals surface area contributed by atoms with Gasteiger partial charge in [-0.25, -0.2) is 0 Å². The molecule has 25 heavy (non-hydrogen) atoms. The summed E-state index contributed by atoms with van der Waals surface area (Å²) in [6, 6.07) is 4.48. The van der Waals surface area contributed by atoms with Crippen molar-refractivity contribution in [2.45, 2.75) is 45.8 Å². The van der Waals surface area contributed by atoms with E-state index in [4.69, 9.17) is 0 Å². The summed E-state index contributed by atoms with van der Waals surface area (Å²) >= 11 is 1.79. The lowest BCUT2D eigenvalue weighted by molar-refractivity contribution is -0.143. The number of hydrogen-bond acceptors (Lipinski definition) is 3. The summed E-state index contributed by atoms with van der Waals surface area (Å²) in [7, 11) is 1.48. The van der Waals surface area contributed by atoms with Gasteiger partial charge in [-0.05, 0) is 52.9 Å². The van der Waals surface area contributed by atoms with E-state index >= 15 is 0 Å². The van der Waals surface area contributed by atoms with Gasteiger partial charge in [0.15, 0.2) is 5.96 Å². The molecular formula is C17H29F3N4S. The second kappa shape index (κ2) is 10.7. The van der Waals surface area contributed by atoms with Crippen molar-refractivity contribution < 1.29 is 13.2 Å². The van der Waals surface area contributed by atoms with Gasteiger partial charge >= 0.3 is 6.18 Å². The van der Waals surface area contributed by atoms with Crippen molar-refractivity contribution in [3.8, 4) is 0 Å². The fourth-order valence-corrected chi connectivity index (χ4v) is 3.44. The Kier molecular flexibility index (Phi) is 9.27. The first-order valence-corrected chi connectivity index (χ1v) is 9.36. The lowest BCUT2D eigenvalue weighted by Gasteiger charge is -2.19. The highest BCUT2D eigenvalue weighted by atomic mass is 32.1. The molecule has 1 unspecified atom stereocenters. The van der Waals surface area contributed by atoms with Crippen LogP contribution in [0.25, 0.3) is 0 Å². The number of aliphatic imine (C=N–C) groups is 1. The smallest absolute Gasteiger partial charge is 0.357 e. The maximum atomic E-state index is 12.3. The van der Waals surface area contributed by atoms with Crippen molar-refractivity contribution in [2.75, 3.05) is 33.2 Å². The van der Waals surface area contributed by atoms with Gasteiger partial charge in [0.1, 0.15) is 0 Å². The minimum absolute atomic E-state index is 0.226. The third-order valence-electron chi connectivity index (χ3n) is 3.45. The van der Waals surface area contributed by atoms with Crippen LogP contribution in [0.5, 0.6) is 0 Å². The fraction of sp³-hybridized carbons (Fsp3) is 0.706. The minimum atomic E-state index is -4.15. The molecule has 0 fully saturated rings. The number of hydrogen-bond donors (Lipinski definition) is 2. The zero-order chi connectivity index (χ0) is 18.9. The number of nitrogens with zero attached hydrogens (tertiary/aromatic N) is 2. The van der Waals surface area contributed by atoms with Crippen molar-refractivity contribution in [1.82, 2.24) is 15.5 Å². The second-order valence-electron chi connectivity index (χ2n) is 6.23. The number of aryl methyl sites for hydroxylation is 1. The third-order valence-corrected chi connectivity index (χ3v) is 4.47. The minimum Gasteiger partial charge on any atom is -0.357 e. The van der Waals surface area contributed by atoms with Gasteiger partial charge in [0.25, 0.3) is 0 Å². The molecule has 0 aromatic carbocycles. The zero-order valence-electron chi connectivity index (χ0n) is 15.4. The van der Waals surface area contributed by atoms with Crippen LogP contribution in [0.1, 0.15) is 30.0 Å². The van der Waals surface area contributed by atoms with E-state index in [1.807, 2.05) is 6.92 Å². The Morgan fingerprint density at radius 3 is 2.64 bits per heavy atom. The number of guanidine groups is 1. The van der Waals surface area contributed by atoms with E-state index in [-0.39, 0.29) is 6.04 Å². The predicted octanol–water partition coefficient (Wildman–Crippen LogP) is 3.43. The molecule has 8 heteroatoms. The Morgan fingerprint density at radius 2 is 2.08 bits per heavy atom. The lowest BCUT2D eigenvalue weighted by atomic mass is 10.2. The fourth-order valence-electron chi connectivity index (χ4n) is 2.42. The van der Waals surface area contributed by atoms with Gasteiger partial charge in [-0.1, -0.05) is 0 Å². The molecule has 4 nitrogen and oxygen atoms in total. The molecule has 0 saturated heterocycles. The van der Waals surface area contributed by atoms with Crippen LogP contribution in [0.2, 0.25) is 0 Å². The summed E-state index contributed by atoms with van der Waals surface area (Å²) in [6.45, 7) is 6.89. The normalized spacial score (nSPS) is 14.0. The first-order valence-electron chi connectivity index (χ1n) is 8.55. The van der Waals surface area contributed by atoms with Crippen LogP contribution in [-0.4, -0.2) is 56.3 Å². The van der Waals surface area contributed by atoms with Gasteiger partial charge in [-0.2, -0.15) is 13.2 Å². The summed E-state index contributed by atoms with van der Waals surface area (Å²) in [4.78, 5) is 8.35. The first-order chi connectivity index (χ1) is 11.7. The highest BCUT2D eigenvalue weighted by molar-refractivity contribution is 7.11. The van der Waals surface area contributed by atoms with E-state index in [1.165, 1.54) is 21.7 Å². The molecule has 0 bridgehead atoms. The third kappa shape index (κ3) is 10.3. The van der Waals surface area contributed by atoms with Gasteiger partial charge in [0, 0.05) is 35.3 Å². The Hall–Kier alpha value is -1.28. The number of rotatable bonds is 9. The van der Waals surface area contributed by atoms with Crippen molar-refractivity contribution in [1.29, 1.82) is 0 Å². The highest BCUT2D eigenvalue weighted by Gasteiger charge is 2.28. The Labute approximate surface area is 152 Å². The van der Waals surface area contributed by atoms with Gasteiger partial charge in [-0.15, -0.1) is 11.3 Å². The maximum absolute atomic E-state index is 12.3. The summed E-state index contributed by atoms with van der Waals surface area (Å²) in [6.07, 6.45) is -2.65. The molecule has 1 heterocycles. The molecule has 1 aromatic heterocycles. The Morgan fingerprint density at radius 1 is 1.36 bits per heavy atom. The summed E-state index contributed by atoms with van der Waals surface area (Å²) < 4.78 is 36.8. The molecular weight excluding hydrogens is 349 g/mol. The molecule has 144 valence electrons. The van der Waals surface area contributed by atoms with Crippen molar-refractivity contribution in [2.24, 2.45) is 4.99 Å². The summed E-state index contributed by atoms with van der Waals surface area (Å²) in [5.74, 6) is 0.710. The largest absolute Gasteiger partial charge is 0.401 e. The molecule has 1 atom stereocenters. The van der Waals surface area contributed by atoms with Crippen molar-refractivity contribution >= 4 is 17.3 Å². The van der Waals surface area contributed by atoms with Crippen molar-refractivity contribution in [3.05, 3.63) is 21.9 Å². The van der Waals surface area contributed by atoms with E-state index in [9.17, 15) is 13.2 Å². The number of thiophene rings is 1. The lowest BCUT2D eigenvalue weighted by Crippen LogP contribution is -2.43. The Balaban J connectivity index is 2.39. The SMILES string of the molecule is CCNC(=NCCCN(C)CC(F)(F)F)NC(C)Cc1ccc(C)s1. The highest BCUT2D eigenvalue weighted by Crippen LogP contribution is 2.17. The molecule has 0 aliphatic rings. The molecule has 0 aliphatic heterocycles. The van der Waals surface area contributed by atoms with Crippen LogP contribution in [0.15, 0.2) is 17.1 Å². The van der Waals surface area contributed by atoms with E-state index in [1.54, 1.807) is 11.3 Å². The zero-order valence-corrected chi connectivity index (χ0v) is 16.2. The van der Waals surface area contributed by atoms with Gasteiger partial charge in [-0.3, -0.25) is 9.89 Å². The van der Waals surface area contributed by atoms with Crippen LogP contribution >= 0.6 is 11.3 Å². The topological polar surface area (TPSA) is 39.7 Å². The molecule has 0 saturated carbocycles. The molecule has 0 amide bonds. The molecule has 0 spiro atoms. The predicted molar refractivity (Wildman–Crippen MR) is 99.5 cm³/mol. The van der Waals surface area contributed by atoms with Crippen LogP contribution in [-0.2, 0) is 6.42 Å². The van der Waals surface area contributed by atoms with Crippen LogP contribution in [0.4, 0.5) is 13.2 Å². The van der Waals surface area contributed by atoms with E-state index in [0.29, 0.717) is 25.5 Å². The molecule has 0 aliphatic carbocycles. The number of nitrogens with one attached hydrogen (secondary N) is 2. The average molecular weight is 379 g/mol. The summed E-state index contributed by atoms with van der Waals surface area (Å²) in [5, 5.41) is 6.53. The average Bonchev–Trinajstić information content (AvgIpc) is 2.86. The molecule has 0 radical (unpaired) electrons. The molecule has 1 rings (SSSR count). The van der Waals surface area contributed by atoms with E-state index in [0.717, 1.165) is 13.0 Å². The monoisotopic (exact) mass is 378 g/mol. The Bertz CT molecular complexity index is 528. The van der Waals surface area contributed by atoms with E-state index < -0.39 is 12.7 Å². The van der Waals surface area contributed by atoms with Gasteiger partial charge < -0.3 is 10.6 Å². The quantitative estimate of drug-likeness (QED) is 0.393. The number of halogens is 3.